The minimum Gasteiger partial charge on any atom is -0.381 e. The second-order valence-corrected chi connectivity index (χ2v) is 3.91. The van der Waals surface area contributed by atoms with Gasteiger partial charge in [-0.05, 0) is 34.1 Å². The van der Waals surface area contributed by atoms with Crippen molar-refractivity contribution >= 4 is 5.91 Å². The summed E-state index contributed by atoms with van der Waals surface area (Å²) in [6.07, 6.45) is 0.912. The highest BCUT2D eigenvalue weighted by molar-refractivity contribution is 5.84. The molecule has 3 heteroatoms. The van der Waals surface area contributed by atoms with Crippen molar-refractivity contribution in [3.8, 4) is 0 Å². The molecule has 0 saturated heterocycles. The lowest BCUT2D eigenvalue weighted by molar-refractivity contribution is -0.149. The van der Waals surface area contributed by atoms with E-state index in [0.29, 0.717) is 6.54 Å². The average molecular weight is 187 g/mol. The summed E-state index contributed by atoms with van der Waals surface area (Å²) in [7, 11) is 0. The molecular formula is C10H21NO2. The van der Waals surface area contributed by atoms with Gasteiger partial charge < -0.3 is 10.0 Å². The number of carbonyl (C=O) groups excluding carboxylic acids is 1. The smallest absolute Gasteiger partial charge is 0.254 e. The highest BCUT2D eigenvalue weighted by Gasteiger charge is 2.30. The van der Waals surface area contributed by atoms with Gasteiger partial charge >= 0.3 is 0 Å². The fourth-order valence-corrected chi connectivity index (χ4v) is 1.23. The van der Waals surface area contributed by atoms with E-state index in [1.54, 1.807) is 4.90 Å². The van der Waals surface area contributed by atoms with E-state index < -0.39 is 5.60 Å². The van der Waals surface area contributed by atoms with Crippen LogP contribution in [0.4, 0.5) is 0 Å². The molecule has 0 aromatic carbocycles. The summed E-state index contributed by atoms with van der Waals surface area (Å²) in [6, 6.07) is 0.198. The van der Waals surface area contributed by atoms with Gasteiger partial charge in [0.1, 0.15) is 5.60 Å². The van der Waals surface area contributed by atoms with Gasteiger partial charge in [0.15, 0.2) is 0 Å². The molecule has 0 heterocycles. The van der Waals surface area contributed by atoms with Crippen LogP contribution in [-0.4, -0.2) is 34.1 Å². The molecule has 0 aromatic rings. The third-order valence-corrected chi connectivity index (χ3v) is 2.25. The van der Waals surface area contributed by atoms with Crippen molar-refractivity contribution in [1.82, 2.24) is 4.90 Å². The van der Waals surface area contributed by atoms with Crippen molar-refractivity contribution in [3.63, 3.8) is 0 Å². The Labute approximate surface area is 80.7 Å². The monoisotopic (exact) mass is 187 g/mol. The molecule has 0 saturated carbocycles. The summed E-state index contributed by atoms with van der Waals surface area (Å²) in [5.74, 6) is -0.190. The highest BCUT2D eigenvalue weighted by Crippen LogP contribution is 2.12. The normalized spacial score (nSPS) is 14.0. The van der Waals surface area contributed by atoms with Gasteiger partial charge in [0.25, 0.3) is 5.91 Å². The zero-order valence-electron chi connectivity index (χ0n) is 9.29. The van der Waals surface area contributed by atoms with Crippen LogP contribution in [0.2, 0.25) is 0 Å². The molecule has 0 bridgehead atoms. The van der Waals surface area contributed by atoms with E-state index in [1.807, 2.05) is 20.8 Å². The van der Waals surface area contributed by atoms with E-state index in [-0.39, 0.29) is 11.9 Å². The van der Waals surface area contributed by atoms with E-state index in [1.165, 1.54) is 13.8 Å². The van der Waals surface area contributed by atoms with Crippen molar-refractivity contribution in [1.29, 1.82) is 0 Å². The van der Waals surface area contributed by atoms with E-state index >= 15 is 0 Å². The van der Waals surface area contributed by atoms with E-state index in [0.717, 1.165) is 6.42 Å². The largest absolute Gasteiger partial charge is 0.381 e. The number of aliphatic hydroxyl groups is 1. The van der Waals surface area contributed by atoms with Crippen molar-refractivity contribution in [3.05, 3.63) is 0 Å². The Morgan fingerprint density at radius 3 is 2.15 bits per heavy atom. The van der Waals surface area contributed by atoms with E-state index in [4.69, 9.17) is 0 Å². The Morgan fingerprint density at radius 1 is 1.46 bits per heavy atom. The van der Waals surface area contributed by atoms with Crippen LogP contribution < -0.4 is 0 Å². The molecule has 0 rings (SSSR count). The Balaban J connectivity index is 4.50. The van der Waals surface area contributed by atoms with Crippen LogP contribution in [0, 0.1) is 0 Å². The van der Waals surface area contributed by atoms with Crippen molar-refractivity contribution in [2.24, 2.45) is 0 Å². The lowest BCUT2D eigenvalue weighted by Gasteiger charge is -2.32. The van der Waals surface area contributed by atoms with Crippen LogP contribution >= 0.6 is 0 Å². The molecule has 3 nitrogen and oxygen atoms in total. The van der Waals surface area contributed by atoms with Gasteiger partial charge in [-0.2, -0.15) is 0 Å². The van der Waals surface area contributed by atoms with Crippen molar-refractivity contribution in [2.45, 2.75) is 52.7 Å². The maximum Gasteiger partial charge on any atom is 0.254 e. The maximum atomic E-state index is 11.7. The van der Waals surface area contributed by atoms with Gasteiger partial charge in [0.05, 0.1) is 0 Å². The van der Waals surface area contributed by atoms with Crippen LogP contribution in [0.1, 0.15) is 41.0 Å². The predicted octanol–water partition coefficient (Wildman–Crippen LogP) is 1.40. The summed E-state index contributed by atoms with van der Waals surface area (Å²) < 4.78 is 0. The van der Waals surface area contributed by atoms with E-state index in [9.17, 15) is 9.90 Å². The SMILES string of the molecule is CCC(C)N(CC)C(=O)C(C)(C)O. The topological polar surface area (TPSA) is 40.5 Å². The lowest BCUT2D eigenvalue weighted by atomic mass is 10.1. The van der Waals surface area contributed by atoms with Crippen LogP contribution in [0.5, 0.6) is 0 Å². The molecule has 1 unspecified atom stereocenters. The van der Waals surface area contributed by atoms with Crippen LogP contribution in [0.25, 0.3) is 0 Å². The van der Waals surface area contributed by atoms with Crippen LogP contribution in [0.3, 0.4) is 0 Å². The summed E-state index contributed by atoms with van der Waals surface area (Å²) in [4.78, 5) is 13.4. The Bertz CT molecular complexity index is 172. The zero-order chi connectivity index (χ0) is 10.6. The third-order valence-electron chi connectivity index (χ3n) is 2.25. The highest BCUT2D eigenvalue weighted by atomic mass is 16.3. The molecule has 0 aliphatic heterocycles. The van der Waals surface area contributed by atoms with Gasteiger partial charge in [-0.25, -0.2) is 0 Å². The number of hydrogen-bond donors (Lipinski definition) is 1. The fraction of sp³-hybridized carbons (Fsp3) is 0.900. The van der Waals surface area contributed by atoms with Crippen molar-refractivity contribution < 1.29 is 9.90 Å². The van der Waals surface area contributed by atoms with Gasteiger partial charge in [0, 0.05) is 12.6 Å². The predicted molar refractivity (Wildman–Crippen MR) is 53.4 cm³/mol. The number of carbonyl (C=O) groups is 1. The second-order valence-electron chi connectivity index (χ2n) is 3.91. The van der Waals surface area contributed by atoms with Crippen molar-refractivity contribution in [2.75, 3.05) is 6.54 Å². The molecule has 1 atom stereocenters. The number of nitrogens with zero attached hydrogens (tertiary/aromatic N) is 1. The zero-order valence-corrected chi connectivity index (χ0v) is 9.29. The Kier molecular flexibility index (Phi) is 4.40. The van der Waals surface area contributed by atoms with Gasteiger partial charge in [-0.15, -0.1) is 0 Å². The molecule has 78 valence electrons. The summed E-state index contributed by atoms with van der Waals surface area (Å²) in [5.41, 5.74) is -1.25. The summed E-state index contributed by atoms with van der Waals surface area (Å²) in [5, 5.41) is 9.54. The average Bonchev–Trinajstić information content (AvgIpc) is 2.03. The Hall–Kier alpha value is -0.570. The quantitative estimate of drug-likeness (QED) is 0.722. The molecule has 0 aromatic heterocycles. The standard InChI is InChI=1S/C10H21NO2/c1-6-8(3)11(7-2)9(12)10(4,5)13/h8,13H,6-7H2,1-5H3. The molecule has 0 aliphatic rings. The molecule has 0 radical (unpaired) electrons. The molecule has 1 N–H and O–H groups in total. The number of rotatable bonds is 4. The lowest BCUT2D eigenvalue weighted by Crippen LogP contribution is -2.48. The first-order valence-electron chi connectivity index (χ1n) is 4.88. The minimum absolute atomic E-state index is 0.190. The van der Waals surface area contributed by atoms with Gasteiger partial charge in [-0.3, -0.25) is 4.79 Å². The fourth-order valence-electron chi connectivity index (χ4n) is 1.23. The summed E-state index contributed by atoms with van der Waals surface area (Å²) >= 11 is 0. The van der Waals surface area contributed by atoms with E-state index in [2.05, 4.69) is 0 Å². The van der Waals surface area contributed by atoms with Gasteiger partial charge in [0.2, 0.25) is 0 Å². The molecule has 1 amide bonds. The first kappa shape index (κ1) is 12.4. The number of amides is 1. The minimum atomic E-state index is -1.25. The maximum absolute atomic E-state index is 11.7. The van der Waals surface area contributed by atoms with Crippen LogP contribution in [-0.2, 0) is 4.79 Å². The Morgan fingerprint density at radius 2 is 1.92 bits per heavy atom. The third kappa shape index (κ3) is 3.35. The van der Waals surface area contributed by atoms with Crippen LogP contribution in [0.15, 0.2) is 0 Å². The van der Waals surface area contributed by atoms with Gasteiger partial charge in [-0.1, -0.05) is 6.92 Å². The molecule has 13 heavy (non-hydrogen) atoms. The molecular weight excluding hydrogens is 166 g/mol. The number of likely N-dealkylation sites (N-methyl/N-ethyl adjacent to an activating group) is 1. The summed E-state index contributed by atoms with van der Waals surface area (Å²) in [6.45, 7) is 9.66. The molecule has 0 aliphatic carbocycles. The molecule has 0 fully saturated rings. The first-order valence-corrected chi connectivity index (χ1v) is 4.88. The molecule has 0 spiro atoms. The number of hydrogen-bond acceptors (Lipinski definition) is 2. The second kappa shape index (κ2) is 4.61. The first-order chi connectivity index (χ1) is 5.84.